The molecule has 0 radical (unpaired) electrons. The third kappa shape index (κ3) is 2.72. The minimum atomic E-state index is -0.507. The average molecular weight is 233 g/mol. The number of hydrogen-bond acceptors (Lipinski definition) is 5. The fourth-order valence-electron chi connectivity index (χ4n) is 1.29. The Labute approximate surface area is 98.2 Å². The molecule has 2 heterocycles. The van der Waals surface area contributed by atoms with Crippen molar-refractivity contribution in [3.8, 4) is 11.4 Å². The Balaban J connectivity index is 2.33. The van der Waals surface area contributed by atoms with Gasteiger partial charge >= 0.3 is 0 Å². The minimum absolute atomic E-state index is 0.159. The lowest BCUT2D eigenvalue weighted by Crippen LogP contribution is -2.06. The Morgan fingerprint density at radius 3 is 2.82 bits per heavy atom. The van der Waals surface area contributed by atoms with Gasteiger partial charge in [0.25, 0.3) is 0 Å². The van der Waals surface area contributed by atoms with Gasteiger partial charge in [0.1, 0.15) is 11.4 Å². The summed E-state index contributed by atoms with van der Waals surface area (Å²) >= 11 is 0. The Hall–Kier alpha value is -2.11. The van der Waals surface area contributed by atoms with Gasteiger partial charge in [-0.1, -0.05) is 6.92 Å². The van der Waals surface area contributed by atoms with E-state index < -0.39 is 5.82 Å². The van der Waals surface area contributed by atoms with Crippen molar-refractivity contribution in [3.05, 3.63) is 30.6 Å². The van der Waals surface area contributed by atoms with Gasteiger partial charge in [0.15, 0.2) is 5.82 Å². The molecular formula is C11H12FN5. The highest BCUT2D eigenvalue weighted by Gasteiger charge is 2.10. The highest BCUT2D eigenvalue weighted by atomic mass is 19.1. The van der Waals surface area contributed by atoms with Crippen molar-refractivity contribution in [3.63, 3.8) is 0 Å². The van der Waals surface area contributed by atoms with Gasteiger partial charge in [-0.15, -0.1) is 0 Å². The first kappa shape index (κ1) is 11.4. The van der Waals surface area contributed by atoms with Crippen LogP contribution in [-0.4, -0.2) is 26.5 Å². The molecule has 88 valence electrons. The molecule has 2 aromatic heterocycles. The zero-order chi connectivity index (χ0) is 12.1. The first-order valence-electron chi connectivity index (χ1n) is 5.34. The predicted molar refractivity (Wildman–Crippen MR) is 61.8 cm³/mol. The van der Waals surface area contributed by atoms with E-state index >= 15 is 0 Å². The van der Waals surface area contributed by atoms with Crippen molar-refractivity contribution < 1.29 is 4.39 Å². The van der Waals surface area contributed by atoms with Crippen LogP contribution in [0.25, 0.3) is 11.4 Å². The van der Waals surface area contributed by atoms with Gasteiger partial charge in [-0.2, -0.15) is 0 Å². The first-order chi connectivity index (χ1) is 8.31. The number of nitrogens with one attached hydrogen (secondary N) is 1. The molecule has 0 bridgehead atoms. The third-order valence-electron chi connectivity index (χ3n) is 2.08. The second-order valence-corrected chi connectivity index (χ2v) is 3.41. The Kier molecular flexibility index (Phi) is 3.54. The van der Waals surface area contributed by atoms with Crippen molar-refractivity contribution in [2.75, 3.05) is 11.9 Å². The van der Waals surface area contributed by atoms with E-state index in [1.807, 2.05) is 6.92 Å². The topological polar surface area (TPSA) is 63.6 Å². The van der Waals surface area contributed by atoms with Crippen LogP contribution in [0.2, 0.25) is 0 Å². The third-order valence-corrected chi connectivity index (χ3v) is 2.08. The summed E-state index contributed by atoms with van der Waals surface area (Å²) in [4.78, 5) is 15.8. The van der Waals surface area contributed by atoms with Gasteiger partial charge < -0.3 is 5.32 Å². The second kappa shape index (κ2) is 5.29. The molecule has 6 heteroatoms. The van der Waals surface area contributed by atoms with Crippen LogP contribution in [-0.2, 0) is 0 Å². The van der Waals surface area contributed by atoms with E-state index in [0.29, 0.717) is 11.6 Å². The van der Waals surface area contributed by atoms with Crippen LogP contribution in [0.1, 0.15) is 13.3 Å². The Bertz CT molecular complexity index is 488. The lowest BCUT2D eigenvalue weighted by Gasteiger charge is -2.05. The Morgan fingerprint density at radius 1 is 1.24 bits per heavy atom. The van der Waals surface area contributed by atoms with Gasteiger partial charge in [-0.25, -0.2) is 14.4 Å². The standard InChI is InChI=1S/C11H12FN5/c1-2-3-15-11-16-6-8(12)10(17-11)9-7-13-4-5-14-9/h4-7H,2-3H2,1H3,(H,15,16,17). The van der Waals surface area contributed by atoms with E-state index in [0.717, 1.165) is 19.2 Å². The molecule has 0 atom stereocenters. The van der Waals surface area contributed by atoms with Gasteiger partial charge in [-0.05, 0) is 6.42 Å². The molecule has 0 fully saturated rings. The average Bonchev–Trinajstić information content (AvgIpc) is 2.39. The Morgan fingerprint density at radius 2 is 2.12 bits per heavy atom. The maximum absolute atomic E-state index is 13.6. The predicted octanol–water partition coefficient (Wildman–Crippen LogP) is 1.89. The maximum atomic E-state index is 13.6. The lowest BCUT2D eigenvalue weighted by molar-refractivity contribution is 0.617. The van der Waals surface area contributed by atoms with E-state index in [4.69, 9.17) is 0 Å². The highest BCUT2D eigenvalue weighted by molar-refractivity contribution is 5.54. The van der Waals surface area contributed by atoms with Crippen LogP contribution in [0.4, 0.5) is 10.3 Å². The fourth-order valence-corrected chi connectivity index (χ4v) is 1.29. The molecule has 0 saturated heterocycles. The summed E-state index contributed by atoms with van der Waals surface area (Å²) in [5.74, 6) is -0.110. The molecule has 0 aromatic carbocycles. The van der Waals surface area contributed by atoms with Crippen molar-refractivity contribution in [1.29, 1.82) is 0 Å². The summed E-state index contributed by atoms with van der Waals surface area (Å²) in [5.41, 5.74) is 0.554. The van der Waals surface area contributed by atoms with Crippen LogP contribution in [0.5, 0.6) is 0 Å². The molecule has 5 nitrogen and oxygen atoms in total. The fraction of sp³-hybridized carbons (Fsp3) is 0.273. The molecular weight excluding hydrogens is 221 g/mol. The van der Waals surface area contributed by atoms with Gasteiger partial charge in [0.2, 0.25) is 5.95 Å². The number of anilines is 1. The largest absolute Gasteiger partial charge is 0.354 e. The highest BCUT2D eigenvalue weighted by Crippen LogP contribution is 2.17. The monoisotopic (exact) mass is 233 g/mol. The molecule has 0 saturated carbocycles. The number of halogens is 1. The maximum Gasteiger partial charge on any atom is 0.223 e. The molecule has 2 aromatic rings. The van der Waals surface area contributed by atoms with Crippen molar-refractivity contribution in [2.24, 2.45) is 0 Å². The minimum Gasteiger partial charge on any atom is -0.354 e. The van der Waals surface area contributed by atoms with Crippen molar-refractivity contribution in [1.82, 2.24) is 19.9 Å². The van der Waals surface area contributed by atoms with Crippen LogP contribution >= 0.6 is 0 Å². The molecule has 0 spiro atoms. The molecule has 0 amide bonds. The first-order valence-corrected chi connectivity index (χ1v) is 5.34. The second-order valence-electron chi connectivity index (χ2n) is 3.41. The van der Waals surface area contributed by atoms with E-state index in [1.165, 1.54) is 18.6 Å². The molecule has 0 aliphatic rings. The molecule has 1 N–H and O–H groups in total. The normalized spacial score (nSPS) is 10.2. The molecule has 0 aliphatic heterocycles. The summed E-state index contributed by atoms with van der Waals surface area (Å²) in [6.07, 6.45) is 6.57. The van der Waals surface area contributed by atoms with E-state index in [9.17, 15) is 4.39 Å². The zero-order valence-electron chi connectivity index (χ0n) is 9.39. The van der Waals surface area contributed by atoms with E-state index in [-0.39, 0.29) is 5.69 Å². The summed E-state index contributed by atoms with van der Waals surface area (Å²) < 4.78 is 13.6. The molecule has 2 rings (SSSR count). The summed E-state index contributed by atoms with van der Waals surface area (Å²) in [6, 6.07) is 0. The van der Waals surface area contributed by atoms with Crippen LogP contribution in [0, 0.1) is 5.82 Å². The van der Waals surface area contributed by atoms with Gasteiger partial charge in [0.05, 0.1) is 12.4 Å². The molecule has 0 unspecified atom stereocenters. The lowest BCUT2D eigenvalue weighted by atomic mass is 10.3. The number of nitrogens with zero attached hydrogens (tertiary/aromatic N) is 4. The van der Waals surface area contributed by atoms with E-state index in [2.05, 4.69) is 25.3 Å². The summed E-state index contributed by atoms with van der Waals surface area (Å²) in [5, 5.41) is 2.99. The summed E-state index contributed by atoms with van der Waals surface area (Å²) in [7, 11) is 0. The number of rotatable bonds is 4. The van der Waals surface area contributed by atoms with Crippen molar-refractivity contribution in [2.45, 2.75) is 13.3 Å². The van der Waals surface area contributed by atoms with Gasteiger partial charge in [-0.3, -0.25) is 9.97 Å². The number of aromatic nitrogens is 4. The molecule has 17 heavy (non-hydrogen) atoms. The molecule has 0 aliphatic carbocycles. The SMILES string of the molecule is CCCNc1ncc(F)c(-c2cnccn2)n1. The van der Waals surface area contributed by atoms with Gasteiger partial charge in [0, 0.05) is 18.9 Å². The summed E-state index contributed by atoms with van der Waals surface area (Å²) in [6.45, 7) is 2.77. The van der Waals surface area contributed by atoms with Crippen LogP contribution < -0.4 is 5.32 Å². The zero-order valence-corrected chi connectivity index (χ0v) is 9.39. The smallest absolute Gasteiger partial charge is 0.223 e. The van der Waals surface area contributed by atoms with Crippen LogP contribution in [0.3, 0.4) is 0 Å². The van der Waals surface area contributed by atoms with Crippen molar-refractivity contribution >= 4 is 5.95 Å². The van der Waals surface area contributed by atoms with E-state index in [1.54, 1.807) is 0 Å². The number of hydrogen-bond donors (Lipinski definition) is 1. The van der Waals surface area contributed by atoms with Crippen LogP contribution in [0.15, 0.2) is 24.8 Å². The quantitative estimate of drug-likeness (QED) is 0.873.